The number of nitrogens with one attached hydrogen (secondary N) is 1. The summed E-state index contributed by atoms with van der Waals surface area (Å²) < 4.78 is 21.5. The summed E-state index contributed by atoms with van der Waals surface area (Å²) >= 11 is 0. The molecule has 1 heterocycles. The smallest absolute Gasteiger partial charge is 0.287 e. The number of hydrogen-bond acceptors (Lipinski definition) is 5. The summed E-state index contributed by atoms with van der Waals surface area (Å²) in [6.07, 6.45) is 0.0529. The third-order valence-corrected chi connectivity index (χ3v) is 3.57. The van der Waals surface area contributed by atoms with E-state index >= 15 is 0 Å². The Kier molecular flexibility index (Phi) is 6.47. The lowest BCUT2D eigenvalue weighted by atomic mass is 10.1. The van der Waals surface area contributed by atoms with Crippen molar-refractivity contribution in [3.63, 3.8) is 0 Å². The summed E-state index contributed by atoms with van der Waals surface area (Å²) in [5.74, 6) is 1.89. The Morgan fingerprint density at radius 1 is 1.12 bits per heavy atom. The van der Waals surface area contributed by atoms with Crippen molar-refractivity contribution in [3.05, 3.63) is 47.4 Å². The van der Waals surface area contributed by atoms with Crippen LogP contribution in [0.2, 0.25) is 0 Å². The lowest BCUT2D eigenvalue weighted by Gasteiger charge is -2.18. The van der Waals surface area contributed by atoms with Crippen LogP contribution >= 0.6 is 0 Å². The van der Waals surface area contributed by atoms with Gasteiger partial charge in [0.2, 0.25) is 0 Å². The second-order valence-corrected chi connectivity index (χ2v) is 5.97. The molecule has 0 saturated heterocycles. The van der Waals surface area contributed by atoms with Crippen molar-refractivity contribution in [2.24, 2.45) is 0 Å². The monoisotopic (exact) mass is 347 g/mol. The van der Waals surface area contributed by atoms with Crippen molar-refractivity contribution in [3.8, 4) is 11.5 Å². The highest BCUT2D eigenvalue weighted by Crippen LogP contribution is 2.31. The summed E-state index contributed by atoms with van der Waals surface area (Å²) in [6.45, 7) is 6.14. The van der Waals surface area contributed by atoms with Crippen LogP contribution in [0.15, 0.2) is 34.7 Å². The van der Waals surface area contributed by atoms with Gasteiger partial charge in [0.15, 0.2) is 17.3 Å². The van der Waals surface area contributed by atoms with E-state index in [1.807, 2.05) is 39.0 Å². The molecule has 1 aromatic heterocycles. The Morgan fingerprint density at radius 2 is 1.88 bits per heavy atom. The van der Waals surface area contributed by atoms with Gasteiger partial charge in [0.05, 0.1) is 19.3 Å². The molecular weight excluding hydrogens is 322 g/mol. The fourth-order valence-electron chi connectivity index (χ4n) is 2.38. The van der Waals surface area contributed by atoms with Crippen molar-refractivity contribution < 1.29 is 23.4 Å². The lowest BCUT2D eigenvalue weighted by Crippen LogP contribution is -2.26. The summed E-state index contributed by atoms with van der Waals surface area (Å²) in [4.78, 5) is 12.3. The van der Waals surface area contributed by atoms with Gasteiger partial charge in [-0.3, -0.25) is 4.79 Å². The summed E-state index contributed by atoms with van der Waals surface area (Å²) in [5.41, 5.74) is 0.907. The van der Waals surface area contributed by atoms with Crippen molar-refractivity contribution in [2.45, 2.75) is 39.5 Å². The Labute approximate surface area is 148 Å². The van der Waals surface area contributed by atoms with Crippen LogP contribution in [-0.4, -0.2) is 26.2 Å². The van der Waals surface area contributed by atoms with E-state index in [-0.39, 0.29) is 23.8 Å². The largest absolute Gasteiger partial charge is 0.493 e. The molecule has 0 bridgehead atoms. The van der Waals surface area contributed by atoms with Crippen LogP contribution in [0.5, 0.6) is 11.5 Å². The van der Waals surface area contributed by atoms with Gasteiger partial charge in [0.25, 0.3) is 5.91 Å². The van der Waals surface area contributed by atoms with Gasteiger partial charge in [-0.1, -0.05) is 6.07 Å². The molecule has 1 amide bonds. The maximum absolute atomic E-state index is 12.3. The third kappa shape index (κ3) is 5.00. The molecule has 0 aliphatic heterocycles. The predicted molar refractivity (Wildman–Crippen MR) is 94.1 cm³/mol. The number of rotatable bonds is 8. The zero-order chi connectivity index (χ0) is 18.4. The minimum atomic E-state index is -0.281. The molecule has 1 aromatic carbocycles. The summed E-state index contributed by atoms with van der Waals surface area (Å²) in [6, 6.07) is 8.76. The van der Waals surface area contributed by atoms with Crippen LogP contribution in [0.4, 0.5) is 0 Å². The van der Waals surface area contributed by atoms with Crippen LogP contribution < -0.4 is 14.8 Å². The van der Waals surface area contributed by atoms with E-state index < -0.39 is 0 Å². The standard InChI is InChI=1S/C19H25NO5/c1-12(2)24-16-8-6-14(10-18(16)23-5)13(3)20-19(21)17-9-7-15(25-17)11-22-4/h6-10,12-13H,11H2,1-5H3,(H,20,21). The fourth-order valence-corrected chi connectivity index (χ4v) is 2.38. The van der Waals surface area contributed by atoms with Gasteiger partial charge in [-0.15, -0.1) is 0 Å². The normalized spacial score (nSPS) is 12.1. The number of ether oxygens (including phenoxy) is 3. The van der Waals surface area contributed by atoms with Gasteiger partial charge in [0, 0.05) is 7.11 Å². The van der Waals surface area contributed by atoms with Crippen molar-refractivity contribution in [2.75, 3.05) is 14.2 Å². The van der Waals surface area contributed by atoms with E-state index in [9.17, 15) is 4.79 Å². The maximum atomic E-state index is 12.3. The second kappa shape index (κ2) is 8.58. The summed E-state index contributed by atoms with van der Waals surface area (Å²) in [5, 5.41) is 2.91. The molecule has 0 saturated carbocycles. The quantitative estimate of drug-likeness (QED) is 0.788. The van der Waals surface area contributed by atoms with Crippen molar-refractivity contribution >= 4 is 5.91 Å². The maximum Gasteiger partial charge on any atom is 0.287 e. The van der Waals surface area contributed by atoms with Crippen LogP contribution in [-0.2, 0) is 11.3 Å². The van der Waals surface area contributed by atoms with Crippen LogP contribution in [0.1, 0.15) is 48.7 Å². The van der Waals surface area contributed by atoms with Crippen LogP contribution in [0.25, 0.3) is 0 Å². The molecule has 2 aromatic rings. The molecule has 0 aliphatic carbocycles. The predicted octanol–water partition coefficient (Wildman–Crippen LogP) is 3.71. The number of methoxy groups -OCH3 is 2. The highest BCUT2D eigenvalue weighted by atomic mass is 16.5. The number of benzene rings is 1. The Balaban J connectivity index is 2.08. The van der Waals surface area contributed by atoms with E-state index in [0.717, 1.165) is 5.56 Å². The van der Waals surface area contributed by atoms with E-state index in [1.165, 1.54) is 0 Å². The average molecular weight is 347 g/mol. The van der Waals surface area contributed by atoms with E-state index in [4.69, 9.17) is 18.6 Å². The molecule has 6 heteroatoms. The van der Waals surface area contributed by atoms with Crippen LogP contribution in [0, 0.1) is 0 Å². The third-order valence-electron chi connectivity index (χ3n) is 3.57. The molecule has 0 aliphatic rings. The number of hydrogen-bond donors (Lipinski definition) is 1. The number of furan rings is 1. The zero-order valence-electron chi connectivity index (χ0n) is 15.3. The molecule has 0 fully saturated rings. The molecule has 2 rings (SSSR count). The van der Waals surface area contributed by atoms with Gasteiger partial charge in [0.1, 0.15) is 12.4 Å². The fraction of sp³-hybridized carbons (Fsp3) is 0.421. The molecule has 136 valence electrons. The van der Waals surface area contributed by atoms with Crippen LogP contribution in [0.3, 0.4) is 0 Å². The van der Waals surface area contributed by atoms with E-state index in [1.54, 1.807) is 26.4 Å². The molecule has 25 heavy (non-hydrogen) atoms. The zero-order valence-corrected chi connectivity index (χ0v) is 15.3. The molecular formula is C19H25NO5. The first kappa shape index (κ1) is 18.9. The highest BCUT2D eigenvalue weighted by Gasteiger charge is 2.17. The van der Waals surface area contributed by atoms with Gasteiger partial charge < -0.3 is 23.9 Å². The summed E-state index contributed by atoms with van der Waals surface area (Å²) in [7, 11) is 3.17. The van der Waals surface area contributed by atoms with E-state index in [0.29, 0.717) is 23.9 Å². The van der Waals surface area contributed by atoms with Gasteiger partial charge in [-0.2, -0.15) is 0 Å². The molecule has 1 unspecified atom stereocenters. The minimum absolute atomic E-state index is 0.0529. The Morgan fingerprint density at radius 3 is 2.52 bits per heavy atom. The van der Waals surface area contributed by atoms with E-state index in [2.05, 4.69) is 5.32 Å². The van der Waals surface area contributed by atoms with Gasteiger partial charge in [-0.05, 0) is 50.6 Å². The number of carbonyl (C=O) groups is 1. The number of carbonyl (C=O) groups excluding carboxylic acids is 1. The topological polar surface area (TPSA) is 69.9 Å². The van der Waals surface area contributed by atoms with Gasteiger partial charge in [-0.25, -0.2) is 0 Å². The first-order valence-corrected chi connectivity index (χ1v) is 8.17. The first-order chi connectivity index (χ1) is 11.9. The average Bonchev–Trinajstić information content (AvgIpc) is 3.03. The Hall–Kier alpha value is -2.47. The second-order valence-electron chi connectivity index (χ2n) is 5.97. The number of amides is 1. The lowest BCUT2D eigenvalue weighted by molar-refractivity contribution is 0.0903. The molecule has 1 atom stereocenters. The first-order valence-electron chi connectivity index (χ1n) is 8.17. The van der Waals surface area contributed by atoms with Crippen molar-refractivity contribution in [1.82, 2.24) is 5.32 Å². The SMILES string of the molecule is COCc1ccc(C(=O)NC(C)c2ccc(OC(C)C)c(OC)c2)o1. The Bertz CT molecular complexity index is 708. The minimum Gasteiger partial charge on any atom is -0.493 e. The molecule has 0 spiro atoms. The van der Waals surface area contributed by atoms with Crippen molar-refractivity contribution in [1.29, 1.82) is 0 Å². The molecule has 1 N–H and O–H groups in total. The molecule has 6 nitrogen and oxygen atoms in total. The highest BCUT2D eigenvalue weighted by molar-refractivity contribution is 5.91. The van der Waals surface area contributed by atoms with Gasteiger partial charge >= 0.3 is 0 Å². The molecule has 0 radical (unpaired) electrons.